The Morgan fingerprint density at radius 3 is 2.67 bits per heavy atom. The summed E-state index contributed by atoms with van der Waals surface area (Å²) in [5, 5.41) is 3.54. The lowest BCUT2D eigenvalue weighted by atomic mass is 10.0. The number of oxazole rings is 1. The number of thiazole rings is 1. The van der Waals surface area contributed by atoms with Gasteiger partial charge in [0.2, 0.25) is 11.8 Å². The molecule has 1 unspecified atom stereocenters. The van der Waals surface area contributed by atoms with Gasteiger partial charge in [0.05, 0.1) is 22.4 Å². The molecule has 5 nitrogen and oxygen atoms in total. The fourth-order valence-corrected chi connectivity index (χ4v) is 4.19. The average Bonchev–Trinajstić information content (AvgIpc) is 3.30. The van der Waals surface area contributed by atoms with Crippen molar-refractivity contribution in [3.8, 4) is 0 Å². The highest BCUT2D eigenvalue weighted by Gasteiger charge is 2.16. The summed E-state index contributed by atoms with van der Waals surface area (Å²) in [7, 11) is 0. The molecule has 0 spiro atoms. The molecule has 27 heavy (non-hydrogen) atoms. The summed E-state index contributed by atoms with van der Waals surface area (Å²) in [5.41, 5.74) is 1.15. The lowest BCUT2D eigenvalue weighted by molar-refractivity contribution is -0.119. The van der Waals surface area contributed by atoms with Gasteiger partial charge in [-0.25, -0.2) is 9.97 Å². The molecule has 3 rings (SSSR count). The van der Waals surface area contributed by atoms with Gasteiger partial charge in [-0.2, -0.15) is 0 Å². The number of thioether (sulfide) groups is 1. The van der Waals surface area contributed by atoms with Gasteiger partial charge in [0.1, 0.15) is 5.76 Å². The lowest BCUT2D eigenvalue weighted by Gasteiger charge is -2.10. The van der Waals surface area contributed by atoms with Crippen molar-refractivity contribution in [1.29, 1.82) is 0 Å². The summed E-state index contributed by atoms with van der Waals surface area (Å²) in [6.07, 6.45) is 4.27. The second-order valence-corrected chi connectivity index (χ2v) is 8.97. The molecule has 0 fully saturated rings. The summed E-state index contributed by atoms with van der Waals surface area (Å²) >= 11 is 3.07. The number of anilines is 1. The van der Waals surface area contributed by atoms with E-state index in [0.29, 0.717) is 29.1 Å². The molecule has 0 aliphatic carbocycles. The quantitative estimate of drug-likeness (QED) is 0.514. The van der Waals surface area contributed by atoms with Gasteiger partial charge in [0.25, 0.3) is 0 Å². The predicted molar refractivity (Wildman–Crippen MR) is 110 cm³/mol. The first-order valence-electron chi connectivity index (χ1n) is 8.89. The molecule has 3 aromatic rings. The van der Waals surface area contributed by atoms with Gasteiger partial charge in [-0.1, -0.05) is 62.4 Å². The second kappa shape index (κ2) is 9.19. The molecule has 0 bridgehead atoms. The molecule has 0 aliphatic heterocycles. The van der Waals surface area contributed by atoms with Gasteiger partial charge in [0.15, 0.2) is 5.13 Å². The van der Waals surface area contributed by atoms with E-state index in [2.05, 4.69) is 29.1 Å². The monoisotopic (exact) mass is 401 g/mol. The van der Waals surface area contributed by atoms with E-state index in [1.807, 2.05) is 37.3 Å². The Balaban J connectivity index is 1.50. The number of amides is 1. The van der Waals surface area contributed by atoms with Crippen LogP contribution in [-0.2, 0) is 17.0 Å². The van der Waals surface area contributed by atoms with Crippen LogP contribution in [0.4, 0.5) is 5.13 Å². The molecule has 0 aliphatic rings. The molecule has 0 radical (unpaired) electrons. The number of hydrogen-bond acceptors (Lipinski definition) is 6. The van der Waals surface area contributed by atoms with Crippen LogP contribution in [0.15, 0.2) is 51.4 Å². The fraction of sp³-hybridized carbons (Fsp3) is 0.350. The van der Waals surface area contributed by atoms with Gasteiger partial charge in [-0.15, -0.1) is 11.8 Å². The van der Waals surface area contributed by atoms with Crippen LogP contribution in [0.1, 0.15) is 43.9 Å². The van der Waals surface area contributed by atoms with Gasteiger partial charge in [0, 0.05) is 11.8 Å². The van der Waals surface area contributed by atoms with E-state index in [-0.39, 0.29) is 11.8 Å². The van der Waals surface area contributed by atoms with E-state index in [0.717, 1.165) is 15.5 Å². The number of aromatic nitrogens is 2. The topological polar surface area (TPSA) is 68.0 Å². The van der Waals surface area contributed by atoms with Crippen molar-refractivity contribution < 1.29 is 9.21 Å². The number of carbonyl (C=O) groups is 1. The van der Waals surface area contributed by atoms with E-state index in [1.165, 1.54) is 11.3 Å². The highest BCUT2D eigenvalue weighted by atomic mass is 32.2. The van der Waals surface area contributed by atoms with Crippen molar-refractivity contribution in [2.75, 3.05) is 5.32 Å². The Morgan fingerprint density at radius 2 is 1.96 bits per heavy atom. The molecule has 0 saturated carbocycles. The van der Waals surface area contributed by atoms with E-state index in [4.69, 9.17) is 4.42 Å². The van der Waals surface area contributed by atoms with Crippen molar-refractivity contribution in [2.24, 2.45) is 5.92 Å². The minimum Gasteiger partial charge on any atom is -0.445 e. The second-order valence-electron chi connectivity index (χ2n) is 6.66. The zero-order chi connectivity index (χ0) is 19.2. The normalized spacial score (nSPS) is 12.3. The van der Waals surface area contributed by atoms with Gasteiger partial charge in [-0.3, -0.25) is 4.79 Å². The Bertz CT molecular complexity index is 874. The molecular formula is C20H23N3O2S2. The molecule has 142 valence electrons. The van der Waals surface area contributed by atoms with E-state index < -0.39 is 0 Å². The van der Waals surface area contributed by atoms with E-state index in [1.54, 1.807) is 24.2 Å². The number of rotatable bonds is 8. The van der Waals surface area contributed by atoms with Gasteiger partial charge in [-0.05, 0) is 12.0 Å². The molecule has 7 heteroatoms. The standard InChI is InChI=1S/C20H23N3O2S2/c1-13(2)16-10-21-17(25-16)12-26-18-11-22-20(27-18)23-19(24)14(3)9-15-7-5-4-6-8-15/h4-8,10-11,13-14H,9,12H2,1-3H3,(H,22,23,24). The maximum atomic E-state index is 12.4. The third-order valence-electron chi connectivity index (χ3n) is 4.03. The van der Waals surface area contributed by atoms with E-state index in [9.17, 15) is 4.79 Å². The summed E-state index contributed by atoms with van der Waals surface area (Å²) in [4.78, 5) is 21.0. The smallest absolute Gasteiger partial charge is 0.229 e. The molecular weight excluding hydrogens is 378 g/mol. The molecule has 1 aromatic carbocycles. The number of carbonyl (C=O) groups excluding carboxylic acids is 1. The number of benzene rings is 1. The minimum absolute atomic E-state index is 0.0148. The predicted octanol–water partition coefficient (Wildman–Crippen LogP) is 5.36. The molecule has 2 heterocycles. The first-order valence-corrected chi connectivity index (χ1v) is 10.7. The van der Waals surface area contributed by atoms with E-state index >= 15 is 0 Å². The first kappa shape index (κ1) is 19.6. The van der Waals surface area contributed by atoms with Crippen molar-refractivity contribution in [3.05, 3.63) is 59.9 Å². The van der Waals surface area contributed by atoms with Crippen LogP contribution in [0.5, 0.6) is 0 Å². The van der Waals surface area contributed by atoms with Gasteiger partial charge < -0.3 is 9.73 Å². The Hall–Kier alpha value is -2.12. The van der Waals surface area contributed by atoms with Crippen LogP contribution in [0, 0.1) is 5.92 Å². The Labute approximate surface area is 167 Å². The number of nitrogens with one attached hydrogen (secondary N) is 1. The first-order chi connectivity index (χ1) is 13.0. The average molecular weight is 402 g/mol. The third kappa shape index (κ3) is 5.68. The fourth-order valence-electron chi connectivity index (χ4n) is 2.46. The highest BCUT2D eigenvalue weighted by Crippen LogP contribution is 2.31. The van der Waals surface area contributed by atoms with Crippen LogP contribution in [0.3, 0.4) is 0 Å². The zero-order valence-electron chi connectivity index (χ0n) is 15.6. The van der Waals surface area contributed by atoms with Gasteiger partial charge >= 0.3 is 0 Å². The third-order valence-corrected chi connectivity index (χ3v) is 6.12. The molecule has 1 atom stereocenters. The van der Waals surface area contributed by atoms with Crippen molar-refractivity contribution in [3.63, 3.8) is 0 Å². The largest absolute Gasteiger partial charge is 0.445 e. The van der Waals surface area contributed by atoms with Crippen molar-refractivity contribution in [1.82, 2.24) is 9.97 Å². The molecule has 2 aromatic heterocycles. The summed E-state index contributed by atoms with van der Waals surface area (Å²) in [6, 6.07) is 10.0. The number of nitrogens with zero attached hydrogens (tertiary/aromatic N) is 2. The maximum absolute atomic E-state index is 12.4. The maximum Gasteiger partial charge on any atom is 0.229 e. The Morgan fingerprint density at radius 1 is 1.19 bits per heavy atom. The zero-order valence-corrected chi connectivity index (χ0v) is 17.3. The van der Waals surface area contributed by atoms with Crippen molar-refractivity contribution in [2.45, 2.75) is 43.1 Å². The molecule has 1 N–H and O–H groups in total. The van der Waals surface area contributed by atoms with Crippen LogP contribution in [0.25, 0.3) is 0 Å². The SMILES string of the molecule is CC(Cc1ccccc1)C(=O)Nc1ncc(SCc2ncc(C(C)C)o2)s1. The van der Waals surface area contributed by atoms with Crippen LogP contribution < -0.4 is 5.32 Å². The lowest BCUT2D eigenvalue weighted by Crippen LogP contribution is -2.22. The number of hydrogen-bond donors (Lipinski definition) is 1. The van der Waals surface area contributed by atoms with Crippen LogP contribution in [-0.4, -0.2) is 15.9 Å². The van der Waals surface area contributed by atoms with Crippen molar-refractivity contribution >= 4 is 34.1 Å². The van der Waals surface area contributed by atoms with Crippen LogP contribution in [0.2, 0.25) is 0 Å². The molecule has 0 saturated heterocycles. The molecule has 1 amide bonds. The minimum atomic E-state index is -0.117. The summed E-state index contributed by atoms with van der Waals surface area (Å²) < 4.78 is 6.73. The summed E-state index contributed by atoms with van der Waals surface area (Å²) in [6.45, 7) is 6.09. The Kier molecular flexibility index (Phi) is 6.68. The highest BCUT2D eigenvalue weighted by molar-refractivity contribution is 8.00. The van der Waals surface area contributed by atoms with Crippen LogP contribution >= 0.6 is 23.1 Å². The summed E-state index contributed by atoms with van der Waals surface area (Å²) in [5.74, 6) is 2.45.